The van der Waals surface area contributed by atoms with Crippen molar-refractivity contribution in [2.24, 2.45) is 0 Å². The number of aromatic nitrogens is 4. The van der Waals surface area contributed by atoms with Crippen molar-refractivity contribution >= 4 is 6.29 Å². The lowest BCUT2D eigenvalue weighted by Gasteiger charge is -1.98. The van der Waals surface area contributed by atoms with Gasteiger partial charge in [0.05, 0.1) is 5.56 Å². The van der Waals surface area contributed by atoms with Crippen LogP contribution in [-0.4, -0.2) is 26.7 Å². The lowest BCUT2D eigenvalue weighted by Crippen LogP contribution is -1.95. The minimum absolute atomic E-state index is 0.00407. The predicted octanol–water partition coefficient (Wildman–Crippen LogP) is 0.885. The first-order chi connectivity index (χ1) is 7.31. The maximum absolute atomic E-state index is 13.2. The van der Waals surface area contributed by atoms with Gasteiger partial charge in [0, 0.05) is 5.56 Å². The van der Waals surface area contributed by atoms with Crippen LogP contribution in [0, 0.1) is 5.82 Å². The highest BCUT2D eigenvalue weighted by molar-refractivity contribution is 5.76. The third-order valence-corrected chi connectivity index (χ3v) is 1.79. The lowest BCUT2D eigenvalue weighted by molar-refractivity contribution is 0.112. The molecule has 5 nitrogen and oxygen atoms in total. The van der Waals surface area contributed by atoms with E-state index in [1.165, 1.54) is 24.5 Å². The summed E-state index contributed by atoms with van der Waals surface area (Å²) in [6.07, 6.45) is 1.63. The van der Waals surface area contributed by atoms with Crippen molar-refractivity contribution in [3.63, 3.8) is 0 Å². The van der Waals surface area contributed by atoms with Crippen LogP contribution in [0.5, 0.6) is 0 Å². The zero-order valence-corrected chi connectivity index (χ0v) is 7.46. The Kier molecular flexibility index (Phi) is 2.40. The van der Waals surface area contributed by atoms with E-state index in [0.717, 1.165) is 0 Å². The first-order valence-corrected chi connectivity index (χ1v) is 4.07. The van der Waals surface area contributed by atoms with Gasteiger partial charge in [0.15, 0.2) is 12.6 Å². The smallest absolute Gasteiger partial charge is 0.203 e. The number of nitrogens with zero attached hydrogens (tertiary/aromatic N) is 4. The Balaban J connectivity index is 2.47. The Morgan fingerprint density at radius 3 is 2.53 bits per heavy atom. The molecule has 0 aliphatic carbocycles. The standard InChI is InChI=1S/C9H5FN4O/c10-8-3-6(1-2-7(8)4-15)9-13-11-5-12-14-9/h1-5H. The zero-order valence-electron chi connectivity index (χ0n) is 7.46. The van der Waals surface area contributed by atoms with Crippen LogP contribution in [0.3, 0.4) is 0 Å². The molecule has 0 unspecified atom stereocenters. The van der Waals surface area contributed by atoms with Crippen molar-refractivity contribution in [1.82, 2.24) is 20.4 Å². The number of rotatable bonds is 2. The van der Waals surface area contributed by atoms with E-state index < -0.39 is 5.82 Å². The third-order valence-electron chi connectivity index (χ3n) is 1.79. The summed E-state index contributed by atoms with van der Waals surface area (Å²) in [6, 6.07) is 4.06. The van der Waals surface area contributed by atoms with E-state index in [-0.39, 0.29) is 11.4 Å². The van der Waals surface area contributed by atoms with E-state index >= 15 is 0 Å². The Hall–Kier alpha value is -2.24. The SMILES string of the molecule is O=Cc1ccc(-c2nncnn2)cc1F. The van der Waals surface area contributed by atoms with E-state index in [1.807, 2.05) is 0 Å². The molecule has 0 saturated heterocycles. The van der Waals surface area contributed by atoms with Gasteiger partial charge in [-0.25, -0.2) is 4.39 Å². The summed E-state index contributed by atoms with van der Waals surface area (Å²) in [6.45, 7) is 0. The van der Waals surface area contributed by atoms with Crippen LogP contribution in [0.1, 0.15) is 10.4 Å². The molecule has 1 aromatic heterocycles. The number of halogens is 1. The molecule has 2 aromatic rings. The van der Waals surface area contributed by atoms with Gasteiger partial charge >= 0.3 is 0 Å². The third kappa shape index (κ3) is 1.83. The fourth-order valence-corrected chi connectivity index (χ4v) is 1.08. The largest absolute Gasteiger partial charge is 0.298 e. The number of aldehydes is 1. The molecule has 6 heteroatoms. The fourth-order valence-electron chi connectivity index (χ4n) is 1.08. The van der Waals surface area contributed by atoms with Crippen molar-refractivity contribution in [1.29, 1.82) is 0 Å². The number of carbonyl (C=O) groups excluding carboxylic acids is 1. The molecule has 0 radical (unpaired) electrons. The van der Waals surface area contributed by atoms with E-state index in [1.54, 1.807) is 0 Å². The maximum Gasteiger partial charge on any atom is 0.203 e. The minimum Gasteiger partial charge on any atom is -0.298 e. The van der Waals surface area contributed by atoms with E-state index in [4.69, 9.17) is 0 Å². The summed E-state index contributed by atoms with van der Waals surface area (Å²) in [5.41, 5.74) is 0.425. The van der Waals surface area contributed by atoms with Gasteiger partial charge < -0.3 is 0 Å². The molecule has 15 heavy (non-hydrogen) atoms. The minimum atomic E-state index is -0.616. The average molecular weight is 204 g/mol. The van der Waals surface area contributed by atoms with Crippen molar-refractivity contribution in [3.8, 4) is 11.4 Å². The normalized spacial score (nSPS) is 9.93. The van der Waals surface area contributed by atoms with Crippen LogP contribution in [-0.2, 0) is 0 Å². The van der Waals surface area contributed by atoms with Gasteiger partial charge in [-0.15, -0.1) is 20.4 Å². The second-order valence-corrected chi connectivity index (χ2v) is 2.72. The van der Waals surface area contributed by atoms with E-state index in [0.29, 0.717) is 11.8 Å². The summed E-state index contributed by atoms with van der Waals surface area (Å²) in [5.74, 6) is -0.399. The summed E-state index contributed by atoms with van der Waals surface area (Å²) in [5, 5.41) is 14.4. The first kappa shape index (κ1) is 9.32. The Morgan fingerprint density at radius 1 is 1.20 bits per heavy atom. The molecule has 0 aliphatic heterocycles. The first-order valence-electron chi connectivity index (χ1n) is 4.07. The summed E-state index contributed by atoms with van der Waals surface area (Å²) < 4.78 is 13.2. The summed E-state index contributed by atoms with van der Waals surface area (Å²) >= 11 is 0. The van der Waals surface area contributed by atoms with Crippen LogP contribution in [0.2, 0.25) is 0 Å². The van der Waals surface area contributed by atoms with Crippen molar-refractivity contribution in [2.75, 3.05) is 0 Å². The Labute approximate surface area is 84.0 Å². The van der Waals surface area contributed by atoms with E-state index in [9.17, 15) is 9.18 Å². The molecule has 0 saturated carbocycles. The van der Waals surface area contributed by atoms with Crippen LogP contribution in [0.15, 0.2) is 24.5 Å². The van der Waals surface area contributed by atoms with Gasteiger partial charge in [0.2, 0.25) is 5.82 Å². The topological polar surface area (TPSA) is 68.6 Å². The molecule has 1 aromatic carbocycles. The fraction of sp³-hybridized carbons (Fsp3) is 0. The molecule has 0 fully saturated rings. The highest BCUT2D eigenvalue weighted by Crippen LogP contribution is 2.16. The second kappa shape index (κ2) is 3.87. The van der Waals surface area contributed by atoms with Gasteiger partial charge in [-0.2, -0.15) is 0 Å². The molecule has 0 aliphatic rings. The van der Waals surface area contributed by atoms with Gasteiger partial charge in [0.1, 0.15) is 5.82 Å². The molecule has 2 rings (SSSR count). The van der Waals surface area contributed by atoms with Crippen LogP contribution < -0.4 is 0 Å². The molecule has 0 atom stereocenters. The Morgan fingerprint density at radius 2 is 1.93 bits per heavy atom. The number of hydrogen-bond acceptors (Lipinski definition) is 5. The number of hydrogen-bond donors (Lipinski definition) is 0. The molecule has 0 N–H and O–H groups in total. The number of benzene rings is 1. The number of carbonyl (C=O) groups is 1. The molecule has 1 heterocycles. The van der Waals surface area contributed by atoms with Crippen molar-refractivity contribution in [3.05, 3.63) is 35.9 Å². The van der Waals surface area contributed by atoms with Crippen molar-refractivity contribution < 1.29 is 9.18 Å². The highest BCUT2D eigenvalue weighted by atomic mass is 19.1. The summed E-state index contributed by atoms with van der Waals surface area (Å²) in [7, 11) is 0. The van der Waals surface area contributed by atoms with Crippen LogP contribution in [0.25, 0.3) is 11.4 Å². The van der Waals surface area contributed by atoms with E-state index in [2.05, 4.69) is 20.4 Å². The van der Waals surface area contributed by atoms with Gasteiger partial charge in [-0.3, -0.25) is 4.79 Å². The zero-order chi connectivity index (χ0) is 10.7. The quantitative estimate of drug-likeness (QED) is 0.679. The molecular formula is C9H5FN4O. The maximum atomic E-state index is 13.2. The van der Waals surface area contributed by atoms with Gasteiger partial charge in [-0.05, 0) is 12.1 Å². The van der Waals surface area contributed by atoms with Crippen LogP contribution >= 0.6 is 0 Å². The van der Waals surface area contributed by atoms with Crippen molar-refractivity contribution in [2.45, 2.75) is 0 Å². The predicted molar refractivity (Wildman–Crippen MR) is 48.4 cm³/mol. The molecular weight excluding hydrogens is 199 g/mol. The highest BCUT2D eigenvalue weighted by Gasteiger charge is 2.06. The molecule has 0 amide bonds. The van der Waals surface area contributed by atoms with Gasteiger partial charge in [0.25, 0.3) is 0 Å². The Bertz CT molecular complexity index is 489. The summed E-state index contributed by atoms with van der Waals surface area (Å²) in [4.78, 5) is 10.4. The van der Waals surface area contributed by atoms with Crippen LogP contribution in [0.4, 0.5) is 4.39 Å². The molecule has 0 bridgehead atoms. The monoisotopic (exact) mass is 204 g/mol. The second-order valence-electron chi connectivity index (χ2n) is 2.72. The average Bonchev–Trinajstić information content (AvgIpc) is 2.30. The molecule has 0 spiro atoms. The molecule has 74 valence electrons. The lowest BCUT2D eigenvalue weighted by atomic mass is 10.1. The van der Waals surface area contributed by atoms with Gasteiger partial charge in [-0.1, -0.05) is 6.07 Å².